The number of hydrogen-bond acceptors (Lipinski definition) is 2. The van der Waals surface area contributed by atoms with E-state index in [0.717, 1.165) is 12.8 Å². The van der Waals surface area contributed by atoms with Crippen LogP contribution in [-0.4, -0.2) is 26.5 Å². The van der Waals surface area contributed by atoms with Gasteiger partial charge in [-0.1, -0.05) is 6.07 Å². The zero-order chi connectivity index (χ0) is 12.5. The smallest absolute Gasteiger partial charge is 0.234 e. The average molecular weight is 236 g/mol. The molecule has 1 aliphatic rings. The van der Waals surface area contributed by atoms with E-state index in [1.165, 1.54) is 12.1 Å². The Morgan fingerprint density at radius 3 is 2.76 bits per heavy atom. The summed E-state index contributed by atoms with van der Waals surface area (Å²) in [5.74, 6) is -0.252. The fourth-order valence-electron chi connectivity index (χ4n) is 2.11. The van der Waals surface area contributed by atoms with Crippen molar-refractivity contribution in [2.75, 3.05) is 25.5 Å². The largest absolute Gasteiger partial charge is 0.319 e. The van der Waals surface area contributed by atoms with Crippen molar-refractivity contribution in [2.24, 2.45) is 5.41 Å². The van der Waals surface area contributed by atoms with E-state index in [9.17, 15) is 9.18 Å². The molecule has 0 radical (unpaired) electrons. The number of rotatable bonds is 4. The monoisotopic (exact) mass is 236 g/mol. The van der Waals surface area contributed by atoms with Crippen LogP contribution in [0.3, 0.4) is 0 Å². The lowest BCUT2D eigenvalue weighted by molar-refractivity contribution is -0.123. The van der Waals surface area contributed by atoms with Crippen molar-refractivity contribution in [2.45, 2.75) is 12.8 Å². The number of nitrogens with zero attached hydrogens (tertiary/aromatic N) is 1. The highest BCUT2D eigenvalue weighted by atomic mass is 19.1. The van der Waals surface area contributed by atoms with Gasteiger partial charge in [0.2, 0.25) is 5.91 Å². The molecule has 0 aromatic heterocycles. The summed E-state index contributed by atoms with van der Waals surface area (Å²) in [5.41, 5.74) is 0.341. The number of hydrogen-bond donors (Lipinski definition) is 1. The van der Waals surface area contributed by atoms with Crippen molar-refractivity contribution < 1.29 is 9.18 Å². The van der Waals surface area contributed by atoms with Gasteiger partial charge in [0.1, 0.15) is 5.82 Å². The van der Waals surface area contributed by atoms with Gasteiger partial charge >= 0.3 is 0 Å². The van der Waals surface area contributed by atoms with Crippen LogP contribution >= 0.6 is 0 Å². The van der Waals surface area contributed by atoms with E-state index in [-0.39, 0.29) is 17.1 Å². The summed E-state index contributed by atoms with van der Waals surface area (Å²) in [5, 5.41) is 3.05. The van der Waals surface area contributed by atoms with E-state index in [1.807, 2.05) is 7.05 Å². The second-order valence-corrected chi connectivity index (χ2v) is 4.65. The molecule has 0 heterocycles. The summed E-state index contributed by atoms with van der Waals surface area (Å²) in [4.78, 5) is 13.8. The molecule has 0 bridgehead atoms. The molecule has 0 spiro atoms. The molecule has 1 saturated carbocycles. The highest BCUT2D eigenvalue weighted by Gasteiger charge is 2.50. The molecule has 0 atom stereocenters. The minimum absolute atomic E-state index is 0.0671. The third-order valence-electron chi connectivity index (χ3n) is 3.32. The quantitative estimate of drug-likeness (QED) is 0.864. The van der Waals surface area contributed by atoms with Crippen molar-refractivity contribution in [3.8, 4) is 0 Å². The van der Waals surface area contributed by atoms with E-state index in [0.29, 0.717) is 12.2 Å². The molecule has 1 amide bonds. The summed E-state index contributed by atoms with van der Waals surface area (Å²) in [7, 11) is 3.54. The first-order valence-corrected chi connectivity index (χ1v) is 5.77. The highest BCUT2D eigenvalue weighted by Crippen LogP contribution is 2.46. The second kappa shape index (κ2) is 4.45. The molecule has 0 aliphatic heterocycles. The maximum Gasteiger partial charge on any atom is 0.234 e. The van der Waals surface area contributed by atoms with Gasteiger partial charge in [-0.2, -0.15) is 0 Å². The molecule has 3 nitrogen and oxygen atoms in total. The Bertz CT molecular complexity index is 429. The van der Waals surface area contributed by atoms with Crippen molar-refractivity contribution in [1.29, 1.82) is 0 Å². The molecule has 0 saturated heterocycles. The van der Waals surface area contributed by atoms with Gasteiger partial charge in [-0.3, -0.25) is 4.79 Å². The van der Waals surface area contributed by atoms with Crippen LogP contribution in [0.2, 0.25) is 0 Å². The standard InChI is InChI=1S/C13H17FN2O/c1-15-9-13(6-7-13)12(17)16(2)11-5-3-4-10(14)8-11/h3-5,8,15H,6-7,9H2,1-2H3. The first kappa shape index (κ1) is 12.0. The zero-order valence-electron chi connectivity index (χ0n) is 10.2. The molecule has 2 rings (SSSR count). The Labute approximate surface area is 101 Å². The first-order chi connectivity index (χ1) is 8.09. The topological polar surface area (TPSA) is 32.3 Å². The van der Waals surface area contributed by atoms with E-state index in [1.54, 1.807) is 24.1 Å². The van der Waals surface area contributed by atoms with Gasteiger partial charge in [-0.05, 0) is 38.1 Å². The Morgan fingerprint density at radius 2 is 2.24 bits per heavy atom. The molecule has 92 valence electrons. The van der Waals surface area contributed by atoms with Crippen LogP contribution in [0.1, 0.15) is 12.8 Å². The predicted octanol–water partition coefficient (Wildman–Crippen LogP) is 1.79. The van der Waals surface area contributed by atoms with E-state index >= 15 is 0 Å². The molecular weight excluding hydrogens is 219 g/mol. The maximum absolute atomic E-state index is 13.1. The summed E-state index contributed by atoms with van der Waals surface area (Å²) >= 11 is 0. The number of carbonyl (C=O) groups is 1. The van der Waals surface area contributed by atoms with Crippen LogP contribution in [-0.2, 0) is 4.79 Å². The van der Waals surface area contributed by atoms with Gasteiger partial charge < -0.3 is 10.2 Å². The predicted molar refractivity (Wildman–Crippen MR) is 65.4 cm³/mol. The molecule has 1 aromatic rings. The van der Waals surface area contributed by atoms with Gasteiger partial charge in [0, 0.05) is 19.3 Å². The Hall–Kier alpha value is -1.42. The van der Waals surface area contributed by atoms with Crippen LogP contribution in [0.15, 0.2) is 24.3 Å². The van der Waals surface area contributed by atoms with Gasteiger partial charge in [0.25, 0.3) is 0 Å². The lowest BCUT2D eigenvalue weighted by atomic mass is 10.1. The minimum Gasteiger partial charge on any atom is -0.319 e. The number of carbonyl (C=O) groups excluding carboxylic acids is 1. The molecule has 1 aromatic carbocycles. The maximum atomic E-state index is 13.1. The molecule has 4 heteroatoms. The van der Waals surface area contributed by atoms with Crippen LogP contribution in [0.5, 0.6) is 0 Å². The Balaban J connectivity index is 2.15. The number of amides is 1. The van der Waals surface area contributed by atoms with Gasteiger partial charge in [-0.25, -0.2) is 4.39 Å². The molecule has 17 heavy (non-hydrogen) atoms. The summed E-state index contributed by atoms with van der Waals surface area (Å²) in [6.07, 6.45) is 1.82. The Kier molecular flexibility index (Phi) is 3.15. The normalized spacial score (nSPS) is 16.6. The number of halogens is 1. The third kappa shape index (κ3) is 2.31. The molecule has 0 unspecified atom stereocenters. The van der Waals surface area contributed by atoms with Crippen LogP contribution in [0, 0.1) is 11.2 Å². The molecule has 1 N–H and O–H groups in total. The lowest BCUT2D eigenvalue weighted by Gasteiger charge is -2.23. The minimum atomic E-state index is -0.319. The molecule has 1 aliphatic carbocycles. The fourth-order valence-corrected chi connectivity index (χ4v) is 2.11. The van der Waals surface area contributed by atoms with Crippen molar-refractivity contribution in [3.63, 3.8) is 0 Å². The number of anilines is 1. The van der Waals surface area contributed by atoms with Crippen molar-refractivity contribution >= 4 is 11.6 Å². The molecular formula is C13H17FN2O. The van der Waals surface area contributed by atoms with Gasteiger partial charge in [-0.15, -0.1) is 0 Å². The van der Waals surface area contributed by atoms with E-state index < -0.39 is 0 Å². The first-order valence-electron chi connectivity index (χ1n) is 5.77. The van der Waals surface area contributed by atoms with Gasteiger partial charge in [0.15, 0.2) is 0 Å². The SMILES string of the molecule is CNCC1(C(=O)N(C)c2cccc(F)c2)CC1. The summed E-state index contributed by atoms with van der Waals surface area (Å²) in [6, 6.07) is 6.12. The second-order valence-electron chi connectivity index (χ2n) is 4.65. The van der Waals surface area contributed by atoms with Crippen LogP contribution in [0.4, 0.5) is 10.1 Å². The summed E-state index contributed by atoms with van der Waals surface area (Å²) in [6.45, 7) is 0.686. The molecule has 1 fully saturated rings. The van der Waals surface area contributed by atoms with Crippen molar-refractivity contribution in [1.82, 2.24) is 5.32 Å². The lowest BCUT2D eigenvalue weighted by Crippen LogP contribution is -2.39. The third-order valence-corrected chi connectivity index (χ3v) is 3.32. The van der Waals surface area contributed by atoms with Crippen molar-refractivity contribution in [3.05, 3.63) is 30.1 Å². The van der Waals surface area contributed by atoms with Crippen LogP contribution in [0.25, 0.3) is 0 Å². The number of nitrogens with one attached hydrogen (secondary N) is 1. The van der Waals surface area contributed by atoms with E-state index in [2.05, 4.69) is 5.32 Å². The fraction of sp³-hybridized carbons (Fsp3) is 0.462. The van der Waals surface area contributed by atoms with Crippen LogP contribution < -0.4 is 10.2 Å². The summed E-state index contributed by atoms with van der Waals surface area (Å²) < 4.78 is 13.1. The average Bonchev–Trinajstić information content (AvgIpc) is 3.09. The Morgan fingerprint density at radius 1 is 1.53 bits per heavy atom. The van der Waals surface area contributed by atoms with E-state index in [4.69, 9.17) is 0 Å². The van der Waals surface area contributed by atoms with Gasteiger partial charge in [0.05, 0.1) is 5.41 Å². The zero-order valence-corrected chi connectivity index (χ0v) is 10.2. The number of benzene rings is 1. The highest BCUT2D eigenvalue weighted by molar-refractivity contribution is 5.99.